The number of hydrogen-bond acceptors (Lipinski definition) is 2. The zero-order valence-electron chi connectivity index (χ0n) is 10.4. The van der Waals surface area contributed by atoms with E-state index in [9.17, 15) is 0 Å². The Kier molecular flexibility index (Phi) is 4.71. The van der Waals surface area contributed by atoms with Crippen LogP contribution in [0.5, 0.6) is 0 Å². The molecular weight excluding hydrogens is 278 g/mol. The first-order valence-corrected chi connectivity index (χ1v) is 6.68. The Bertz CT molecular complexity index is 560. The van der Waals surface area contributed by atoms with E-state index >= 15 is 0 Å². The van der Waals surface area contributed by atoms with Gasteiger partial charge < -0.3 is 10.6 Å². The Balaban J connectivity index is 1.97. The first-order chi connectivity index (χ1) is 9.16. The number of thiocarbonyl (C=S) groups is 1. The van der Waals surface area contributed by atoms with Crippen LogP contribution in [0.1, 0.15) is 18.5 Å². The number of pyridine rings is 1. The average molecular weight is 292 g/mol. The number of aromatic nitrogens is 1. The fraction of sp³-hybridized carbons (Fsp3) is 0.143. The Morgan fingerprint density at radius 1 is 1.21 bits per heavy atom. The Morgan fingerprint density at radius 2 is 1.95 bits per heavy atom. The highest BCUT2D eigenvalue weighted by Gasteiger charge is 2.07. The van der Waals surface area contributed by atoms with Crippen LogP contribution in [0.25, 0.3) is 0 Å². The highest BCUT2D eigenvalue weighted by Crippen LogP contribution is 2.18. The normalized spacial score (nSPS) is 11.7. The smallest absolute Gasteiger partial charge is 0.171 e. The van der Waals surface area contributed by atoms with Crippen molar-refractivity contribution in [3.63, 3.8) is 0 Å². The van der Waals surface area contributed by atoms with Gasteiger partial charge in [0.1, 0.15) is 0 Å². The predicted octanol–water partition coefficient (Wildman–Crippen LogP) is 3.78. The van der Waals surface area contributed by atoms with Crippen molar-refractivity contribution in [2.75, 3.05) is 5.32 Å². The summed E-state index contributed by atoms with van der Waals surface area (Å²) in [4.78, 5) is 3.99. The molecule has 2 rings (SSSR count). The molecule has 0 spiro atoms. The van der Waals surface area contributed by atoms with Crippen molar-refractivity contribution in [1.29, 1.82) is 0 Å². The van der Waals surface area contributed by atoms with E-state index in [2.05, 4.69) is 27.8 Å². The van der Waals surface area contributed by atoms with Crippen molar-refractivity contribution in [2.45, 2.75) is 13.0 Å². The van der Waals surface area contributed by atoms with Crippen molar-refractivity contribution in [3.05, 3.63) is 59.4 Å². The fourth-order valence-electron chi connectivity index (χ4n) is 1.66. The number of benzene rings is 1. The number of hydrogen-bond donors (Lipinski definition) is 2. The summed E-state index contributed by atoms with van der Waals surface area (Å²) < 4.78 is 0. The fourth-order valence-corrected chi connectivity index (χ4v) is 2.11. The highest BCUT2D eigenvalue weighted by molar-refractivity contribution is 7.80. The lowest BCUT2D eigenvalue weighted by atomic mass is 10.1. The molecule has 5 heteroatoms. The molecular formula is C14H14ClN3S. The molecule has 1 aromatic heterocycles. The van der Waals surface area contributed by atoms with Gasteiger partial charge in [0.15, 0.2) is 10.3 Å². The summed E-state index contributed by atoms with van der Waals surface area (Å²) in [6.45, 7) is 2.05. The number of halogens is 1. The summed E-state index contributed by atoms with van der Waals surface area (Å²) in [7, 11) is 0. The van der Waals surface area contributed by atoms with E-state index in [1.54, 1.807) is 12.3 Å². The van der Waals surface area contributed by atoms with E-state index in [4.69, 9.17) is 23.8 Å². The van der Waals surface area contributed by atoms with Gasteiger partial charge >= 0.3 is 0 Å². The van der Waals surface area contributed by atoms with Gasteiger partial charge in [-0.05, 0) is 36.8 Å². The minimum Gasteiger partial charge on any atom is -0.356 e. The molecule has 1 aromatic carbocycles. The second-order valence-electron chi connectivity index (χ2n) is 4.07. The zero-order chi connectivity index (χ0) is 13.7. The van der Waals surface area contributed by atoms with E-state index in [-0.39, 0.29) is 6.04 Å². The van der Waals surface area contributed by atoms with Crippen LogP contribution in [0.4, 0.5) is 5.69 Å². The maximum atomic E-state index is 5.96. The average Bonchev–Trinajstić information content (AvgIpc) is 2.42. The summed E-state index contributed by atoms with van der Waals surface area (Å²) in [6, 6.07) is 13.9. The standard InChI is InChI=1S/C14H14ClN3S/c1-10(11-6-3-2-4-7-11)17-14(19)18-12-8-5-9-16-13(12)15/h2-10H,1H3,(H2,17,18,19)/t10-/m0/s1. The Morgan fingerprint density at radius 3 is 2.63 bits per heavy atom. The van der Waals surface area contributed by atoms with Gasteiger partial charge in [-0.1, -0.05) is 41.9 Å². The molecule has 2 N–H and O–H groups in total. The van der Waals surface area contributed by atoms with Crippen molar-refractivity contribution < 1.29 is 0 Å². The molecule has 0 bridgehead atoms. The molecule has 1 atom stereocenters. The summed E-state index contributed by atoms with van der Waals surface area (Å²) >= 11 is 11.2. The quantitative estimate of drug-likeness (QED) is 0.666. The van der Waals surface area contributed by atoms with Gasteiger partial charge in [-0.3, -0.25) is 0 Å². The largest absolute Gasteiger partial charge is 0.356 e. The van der Waals surface area contributed by atoms with Crippen molar-refractivity contribution in [1.82, 2.24) is 10.3 Å². The molecule has 3 nitrogen and oxygen atoms in total. The molecule has 1 heterocycles. The molecule has 0 aliphatic rings. The van der Waals surface area contributed by atoms with Crippen LogP contribution in [0, 0.1) is 0 Å². The molecule has 0 fully saturated rings. The molecule has 2 aromatic rings. The van der Waals surface area contributed by atoms with Crippen LogP contribution < -0.4 is 10.6 Å². The minimum absolute atomic E-state index is 0.122. The van der Waals surface area contributed by atoms with E-state index in [1.807, 2.05) is 31.2 Å². The van der Waals surface area contributed by atoms with E-state index in [0.717, 1.165) is 0 Å². The Labute approximate surface area is 123 Å². The predicted molar refractivity (Wildman–Crippen MR) is 83.5 cm³/mol. The third-order valence-electron chi connectivity index (χ3n) is 2.65. The van der Waals surface area contributed by atoms with Crippen LogP contribution >= 0.6 is 23.8 Å². The number of anilines is 1. The van der Waals surface area contributed by atoms with Gasteiger partial charge in [-0.15, -0.1) is 0 Å². The zero-order valence-corrected chi connectivity index (χ0v) is 12.0. The van der Waals surface area contributed by atoms with E-state index in [0.29, 0.717) is 16.0 Å². The van der Waals surface area contributed by atoms with Gasteiger partial charge in [0.25, 0.3) is 0 Å². The molecule has 0 saturated heterocycles. The molecule has 98 valence electrons. The Hall–Kier alpha value is -1.65. The van der Waals surface area contributed by atoms with Crippen molar-refractivity contribution in [2.24, 2.45) is 0 Å². The second kappa shape index (κ2) is 6.50. The third-order valence-corrected chi connectivity index (χ3v) is 3.18. The van der Waals surface area contributed by atoms with Crippen LogP contribution in [-0.4, -0.2) is 10.1 Å². The van der Waals surface area contributed by atoms with Gasteiger partial charge in [-0.2, -0.15) is 0 Å². The summed E-state index contributed by atoms with van der Waals surface area (Å²) in [5, 5.41) is 7.16. The molecule has 0 radical (unpaired) electrons. The first kappa shape index (κ1) is 13.8. The van der Waals surface area contributed by atoms with Gasteiger partial charge in [0.05, 0.1) is 11.7 Å². The molecule has 0 saturated carbocycles. The minimum atomic E-state index is 0.122. The first-order valence-electron chi connectivity index (χ1n) is 5.90. The maximum Gasteiger partial charge on any atom is 0.171 e. The van der Waals surface area contributed by atoms with Gasteiger partial charge in [0.2, 0.25) is 0 Å². The van der Waals surface area contributed by atoms with Crippen LogP contribution in [0.2, 0.25) is 5.15 Å². The SMILES string of the molecule is C[C@H](NC(=S)Nc1cccnc1Cl)c1ccccc1. The number of nitrogens with one attached hydrogen (secondary N) is 2. The van der Waals surface area contributed by atoms with Crippen LogP contribution in [-0.2, 0) is 0 Å². The monoisotopic (exact) mass is 291 g/mol. The molecule has 0 unspecified atom stereocenters. The molecule has 0 amide bonds. The summed E-state index contributed by atoms with van der Waals surface area (Å²) in [6.07, 6.45) is 1.64. The van der Waals surface area contributed by atoms with Crippen LogP contribution in [0.15, 0.2) is 48.7 Å². The van der Waals surface area contributed by atoms with Crippen LogP contribution in [0.3, 0.4) is 0 Å². The molecule has 19 heavy (non-hydrogen) atoms. The summed E-state index contributed by atoms with van der Waals surface area (Å²) in [5.74, 6) is 0. The second-order valence-corrected chi connectivity index (χ2v) is 4.84. The topological polar surface area (TPSA) is 37.0 Å². The maximum absolute atomic E-state index is 5.96. The summed E-state index contributed by atoms with van der Waals surface area (Å²) in [5.41, 5.74) is 1.87. The van der Waals surface area contributed by atoms with E-state index < -0.39 is 0 Å². The lowest BCUT2D eigenvalue weighted by Gasteiger charge is -2.17. The van der Waals surface area contributed by atoms with Gasteiger partial charge in [-0.25, -0.2) is 4.98 Å². The van der Waals surface area contributed by atoms with Crippen molar-refractivity contribution in [3.8, 4) is 0 Å². The molecule has 0 aliphatic carbocycles. The highest BCUT2D eigenvalue weighted by atomic mass is 35.5. The number of rotatable bonds is 3. The van der Waals surface area contributed by atoms with Gasteiger partial charge in [0, 0.05) is 6.20 Å². The lowest BCUT2D eigenvalue weighted by Crippen LogP contribution is -2.31. The molecule has 0 aliphatic heterocycles. The number of nitrogens with zero attached hydrogens (tertiary/aromatic N) is 1. The lowest BCUT2D eigenvalue weighted by molar-refractivity contribution is 0.722. The van der Waals surface area contributed by atoms with Crippen molar-refractivity contribution >= 4 is 34.6 Å². The third kappa shape index (κ3) is 3.91. The van der Waals surface area contributed by atoms with E-state index in [1.165, 1.54) is 5.56 Å².